The van der Waals surface area contributed by atoms with Crippen molar-refractivity contribution in [2.24, 2.45) is 10.9 Å². The monoisotopic (exact) mass is 242 g/mol. The van der Waals surface area contributed by atoms with Crippen molar-refractivity contribution in [3.63, 3.8) is 0 Å². The van der Waals surface area contributed by atoms with Crippen LogP contribution in [0.4, 0.5) is 0 Å². The Morgan fingerprint density at radius 3 is 2.59 bits per heavy atom. The van der Waals surface area contributed by atoms with Crippen LogP contribution in [0.3, 0.4) is 0 Å². The smallest absolute Gasteiger partial charge is 0.139 e. The number of nitrogens with zero attached hydrogens (tertiary/aromatic N) is 2. The molecular formula is C12H26N4O. The molecule has 1 aliphatic carbocycles. The van der Waals surface area contributed by atoms with Crippen LogP contribution in [-0.4, -0.2) is 48.7 Å². The van der Waals surface area contributed by atoms with Gasteiger partial charge >= 0.3 is 0 Å². The molecule has 0 aromatic rings. The van der Waals surface area contributed by atoms with Crippen LogP contribution < -0.4 is 11.1 Å². The van der Waals surface area contributed by atoms with E-state index in [0.717, 1.165) is 25.9 Å². The molecule has 0 radical (unpaired) electrons. The zero-order valence-electron chi connectivity index (χ0n) is 11.1. The van der Waals surface area contributed by atoms with Crippen LogP contribution in [-0.2, 0) is 0 Å². The Morgan fingerprint density at radius 2 is 2.12 bits per heavy atom. The molecule has 1 aliphatic rings. The zero-order chi connectivity index (χ0) is 12.7. The van der Waals surface area contributed by atoms with Crippen molar-refractivity contribution < 1.29 is 5.21 Å². The van der Waals surface area contributed by atoms with E-state index in [1.807, 2.05) is 0 Å². The van der Waals surface area contributed by atoms with Gasteiger partial charge in [0, 0.05) is 18.5 Å². The number of nitrogens with one attached hydrogen (secondary N) is 1. The van der Waals surface area contributed by atoms with Gasteiger partial charge in [-0.25, -0.2) is 0 Å². The Morgan fingerprint density at radius 1 is 1.41 bits per heavy atom. The van der Waals surface area contributed by atoms with Crippen LogP contribution in [0.15, 0.2) is 5.16 Å². The van der Waals surface area contributed by atoms with Gasteiger partial charge in [0.2, 0.25) is 0 Å². The van der Waals surface area contributed by atoms with E-state index in [0.29, 0.717) is 17.8 Å². The van der Waals surface area contributed by atoms with E-state index in [1.165, 1.54) is 19.3 Å². The van der Waals surface area contributed by atoms with Crippen LogP contribution >= 0.6 is 0 Å². The van der Waals surface area contributed by atoms with Crippen molar-refractivity contribution in [2.75, 3.05) is 27.2 Å². The largest absolute Gasteiger partial charge is 0.409 e. The van der Waals surface area contributed by atoms with E-state index in [-0.39, 0.29) is 0 Å². The number of hydrogen-bond acceptors (Lipinski definition) is 4. The molecule has 4 N–H and O–H groups in total. The Hall–Kier alpha value is -0.810. The number of oxime groups is 1. The van der Waals surface area contributed by atoms with Crippen molar-refractivity contribution in [2.45, 2.75) is 44.1 Å². The molecule has 5 nitrogen and oxygen atoms in total. The van der Waals surface area contributed by atoms with E-state index >= 15 is 0 Å². The minimum atomic E-state index is 0.328. The van der Waals surface area contributed by atoms with Crippen molar-refractivity contribution in [1.82, 2.24) is 10.2 Å². The SMILES string of the molecule is CN(C)C1(CNCCCCC(N)=NO)CCC1. The summed E-state index contributed by atoms with van der Waals surface area (Å²) >= 11 is 0. The predicted molar refractivity (Wildman–Crippen MR) is 70.4 cm³/mol. The molecule has 0 aliphatic heterocycles. The van der Waals surface area contributed by atoms with Gasteiger partial charge < -0.3 is 21.2 Å². The number of amidine groups is 1. The van der Waals surface area contributed by atoms with E-state index in [9.17, 15) is 0 Å². The van der Waals surface area contributed by atoms with Crippen LogP contribution in [0.25, 0.3) is 0 Å². The normalized spacial score (nSPS) is 19.4. The number of nitrogens with two attached hydrogens (primary N) is 1. The van der Waals surface area contributed by atoms with Gasteiger partial charge in [0.15, 0.2) is 0 Å². The lowest BCUT2D eigenvalue weighted by Crippen LogP contribution is -2.56. The highest BCUT2D eigenvalue weighted by Gasteiger charge is 2.38. The molecule has 0 saturated heterocycles. The van der Waals surface area contributed by atoms with E-state index in [1.54, 1.807) is 0 Å². The van der Waals surface area contributed by atoms with Crippen LogP contribution in [0.1, 0.15) is 38.5 Å². The lowest BCUT2D eigenvalue weighted by molar-refractivity contribution is 0.0602. The maximum Gasteiger partial charge on any atom is 0.139 e. The predicted octanol–water partition coefficient (Wildman–Crippen LogP) is 0.977. The first-order valence-electron chi connectivity index (χ1n) is 6.45. The van der Waals surface area contributed by atoms with Gasteiger partial charge in [-0.2, -0.15) is 0 Å². The topological polar surface area (TPSA) is 73.9 Å². The molecular weight excluding hydrogens is 216 g/mol. The summed E-state index contributed by atoms with van der Waals surface area (Å²) in [6.07, 6.45) is 6.67. The minimum absolute atomic E-state index is 0.328. The molecule has 0 unspecified atom stereocenters. The molecule has 0 spiro atoms. The summed E-state index contributed by atoms with van der Waals surface area (Å²) in [5.74, 6) is 0.328. The van der Waals surface area contributed by atoms with Gasteiger partial charge in [-0.05, 0) is 52.7 Å². The Kier molecular flexibility index (Phi) is 5.71. The first-order chi connectivity index (χ1) is 8.10. The molecule has 5 heteroatoms. The first kappa shape index (κ1) is 14.3. The zero-order valence-corrected chi connectivity index (χ0v) is 11.1. The molecule has 0 aromatic heterocycles. The van der Waals surface area contributed by atoms with Gasteiger partial charge in [0.05, 0.1) is 0 Å². The van der Waals surface area contributed by atoms with Gasteiger partial charge in [-0.1, -0.05) is 5.16 Å². The van der Waals surface area contributed by atoms with Crippen LogP contribution in [0, 0.1) is 0 Å². The van der Waals surface area contributed by atoms with Crippen molar-refractivity contribution in [3.8, 4) is 0 Å². The van der Waals surface area contributed by atoms with Gasteiger partial charge in [-0.15, -0.1) is 0 Å². The van der Waals surface area contributed by atoms with Gasteiger partial charge in [0.1, 0.15) is 5.84 Å². The molecule has 0 amide bonds. The average Bonchev–Trinajstić information content (AvgIpc) is 2.24. The van der Waals surface area contributed by atoms with Crippen molar-refractivity contribution in [3.05, 3.63) is 0 Å². The third-order valence-corrected chi connectivity index (χ3v) is 3.85. The van der Waals surface area contributed by atoms with E-state index in [4.69, 9.17) is 10.9 Å². The maximum atomic E-state index is 8.39. The van der Waals surface area contributed by atoms with Gasteiger partial charge in [0.25, 0.3) is 0 Å². The summed E-state index contributed by atoms with van der Waals surface area (Å²) in [5.41, 5.74) is 5.79. The van der Waals surface area contributed by atoms with Crippen LogP contribution in [0.5, 0.6) is 0 Å². The summed E-state index contributed by atoms with van der Waals surface area (Å²) in [7, 11) is 4.33. The second-order valence-corrected chi connectivity index (χ2v) is 5.20. The molecule has 1 fully saturated rings. The summed E-state index contributed by atoms with van der Waals surface area (Å²) < 4.78 is 0. The number of rotatable bonds is 8. The summed E-state index contributed by atoms with van der Waals surface area (Å²) in [5, 5.41) is 14.9. The van der Waals surface area contributed by atoms with Crippen LogP contribution in [0.2, 0.25) is 0 Å². The minimum Gasteiger partial charge on any atom is -0.409 e. The fourth-order valence-corrected chi connectivity index (χ4v) is 2.29. The lowest BCUT2D eigenvalue weighted by Gasteiger charge is -2.47. The Labute approximate surface area is 104 Å². The number of hydrogen-bond donors (Lipinski definition) is 3. The summed E-state index contributed by atoms with van der Waals surface area (Å²) in [6, 6.07) is 0. The highest BCUT2D eigenvalue weighted by molar-refractivity contribution is 5.79. The van der Waals surface area contributed by atoms with E-state index in [2.05, 4.69) is 29.5 Å². The summed E-state index contributed by atoms with van der Waals surface area (Å²) in [4.78, 5) is 2.35. The number of unbranched alkanes of at least 4 members (excludes halogenated alkanes) is 1. The fourth-order valence-electron chi connectivity index (χ4n) is 2.29. The molecule has 0 atom stereocenters. The third-order valence-electron chi connectivity index (χ3n) is 3.85. The highest BCUT2D eigenvalue weighted by Crippen LogP contribution is 2.35. The first-order valence-corrected chi connectivity index (χ1v) is 6.45. The van der Waals surface area contributed by atoms with Crippen molar-refractivity contribution >= 4 is 5.84 Å². The van der Waals surface area contributed by atoms with E-state index < -0.39 is 0 Å². The maximum absolute atomic E-state index is 8.39. The van der Waals surface area contributed by atoms with Gasteiger partial charge in [-0.3, -0.25) is 0 Å². The van der Waals surface area contributed by atoms with Crippen molar-refractivity contribution in [1.29, 1.82) is 0 Å². The lowest BCUT2D eigenvalue weighted by atomic mass is 9.75. The molecule has 1 rings (SSSR count). The third kappa shape index (κ3) is 4.16. The molecule has 17 heavy (non-hydrogen) atoms. The highest BCUT2D eigenvalue weighted by atomic mass is 16.4. The molecule has 0 bridgehead atoms. The summed E-state index contributed by atoms with van der Waals surface area (Å²) in [6.45, 7) is 2.08. The second-order valence-electron chi connectivity index (χ2n) is 5.20. The second kappa shape index (κ2) is 6.81. The average molecular weight is 242 g/mol. The fraction of sp³-hybridized carbons (Fsp3) is 0.917. The Balaban J connectivity index is 2.04. The quantitative estimate of drug-likeness (QED) is 0.195. The molecule has 0 heterocycles. The Bertz CT molecular complexity index is 249. The molecule has 1 saturated carbocycles. The molecule has 0 aromatic carbocycles. The number of likely N-dealkylation sites (N-methyl/N-ethyl adjacent to an activating group) is 1. The standard InChI is InChI=1S/C12H26N4O/c1-16(2)12(7-5-8-12)10-14-9-4-3-6-11(13)15-17/h14,17H,3-10H2,1-2H3,(H2,13,15). The molecule has 100 valence electrons.